The Morgan fingerprint density at radius 1 is 0.296 bits per heavy atom. The zero-order valence-electron chi connectivity index (χ0n) is 29.7. The lowest BCUT2D eigenvalue weighted by Gasteiger charge is -2.14. The molecule has 0 saturated carbocycles. The van der Waals surface area contributed by atoms with Gasteiger partial charge >= 0.3 is 0 Å². The number of benzene rings is 9. The third-order valence-corrected chi connectivity index (χ3v) is 11.6. The van der Waals surface area contributed by atoms with Crippen molar-refractivity contribution in [3.63, 3.8) is 0 Å². The Bertz CT molecular complexity index is 3490. The Hall–Kier alpha value is -7.10. The second-order valence-electron chi connectivity index (χ2n) is 14.6. The molecular weight excluding hydrogens is 655 g/mol. The van der Waals surface area contributed by atoms with Gasteiger partial charge in [0.25, 0.3) is 0 Å². The van der Waals surface area contributed by atoms with Crippen molar-refractivity contribution in [2.75, 3.05) is 0 Å². The van der Waals surface area contributed by atoms with E-state index in [1.807, 2.05) is 0 Å². The molecule has 0 bridgehead atoms. The lowest BCUT2D eigenvalue weighted by Crippen LogP contribution is -1.97. The SMILES string of the molecule is Cc1ccc(-n2c3ccc(-n4c5ccccc5c5c6c7ccccc7n(-c7ccccc7)c6c6ccccc6c54)cc3c3ccc4ccccc4c32)cc1. The van der Waals surface area contributed by atoms with Gasteiger partial charge in [0.15, 0.2) is 0 Å². The van der Waals surface area contributed by atoms with E-state index in [0.29, 0.717) is 0 Å². The van der Waals surface area contributed by atoms with Gasteiger partial charge in [-0.15, -0.1) is 0 Å². The Balaban J connectivity index is 1.26. The second kappa shape index (κ2) is 11.0. The van der Waals surface area contributed by atoms with Crippen molar-refractivity contribution in [2.45, 2.75) is 6.92 Å². The maximum atomic E-state index is 2.52. The molecule has 0 spiro atoms. The summed E-state index contributed by atoms with van der Waals surface area (Å²) in [5.41, 5.74) is 12.1. The van der Waals surface area contributed by atoms with Crippen molar-refractivity contribution in [1.29, 1.82) is 0 Å². The minimum Gasteiger partial charge on any atom is -0.309 e. The largest absolute Gasteiger partial charge is 0.309 e. The van der Waals surface area contributed by atoms with Crippen LogP contribution in [-0.4, -0.2) is 13.7 Å². The minimum absolute atomic E-state index is 1.15. The van der Waals surface area contributed by atoms with E-state index in [1.165, 1.54) is 104 Å². The van der Waals surface area contributed by atoms with Crippen molar-refractivity contribution in [3.05, 3.63) is 188 Å². The number of fused-ring (bicyclic) bond motifs is 15. The molecule has 0 aliphatic carbocycles. The number of rotatable bonds is 3. The van der Waals surface area contributed by atoms with Gasteiger partial charge in [0.2, 0.25) is 0 Å². The van der Waals surface area contributed by atoms with Crippen molar-refractivity contribution in [3.8, 4) is 17.1 Å². The first-order valence-electron chi connectivity index (χ1n) is 18.7. The molecule has 0 amide bonds. The highest BCUT2D eigenvalue weighted by Gasteiger charge is 2.25. The van der Waals surface area contributed by atoms with Gasteiger partial charge in [0.05, 0.1) is 33.1 Å². The van der Waals surface area contributed by atoms with Crippen molar-refractivity contribution in [2.24, 2.45) is 0 Å². The number of aromatic nitrogens is 3. The normalized spacial score (nSPS) is 12.2. The third kappa shape index (κ3) is 3.90. The Labute approximate surface area is 311 Å². The molecule has 9 aromatic carbocycles. The molecular formula is C51H33N3. The molecule has 0 aliphatic heterocycles. The van der Waals surface area contributed by atoms with Crippen LogP contribution in [0.5, 0.6) is 0 Å². The van der Waals surface area contributed by atoms with Gasteiger partial charge in [-0.05, 0) is 66.9 Å². The van der Waals surface area contributed by atoms with Crippen LogP contribution in [0.3, 0.4) is 0 Å². The van der Waals surface area contributed by atoms with Gasteiger partial charge in [-0.3, -0.25) is 0 Å². The fraction of sp³-hybridized carbons (Fsp3) is 0.0196. The summed E-state index contributed by atoms with van der Waals surface area (Å²) in [6.07, 6.45) is 0. The van der Waals surface area contributed by atoms with Crippen molar-refractivity contribution >= 4 is 87.0 Å². The maximum Gasteiger partial charge on any atom is 0.0627 e. The molecule has 0 radical (unpaired) electrons. The number of nitrogens with zero attached hydrogens (tertiary/aromatic N) is 3. The molecule has 0 atom stereocenters. The van der Waals surface area contributed by atoms with E-state index in [9.17, 15) is 0 Å². The lowest BCUT2D eigenvalue weighted by atomic mass is 9.99. The highest BCUT2D eigenvalue weighted by Crippen LogP contribution is 2.47. The van der Waals surface area contributed by atoms with Gasteiger partial charge in [0, 0.05) is 65.5 Å². The van der Waals surface area contributed by atoms with Crippen LogP contribution in [0.4, 0.5) is 0 Å². The van der Waals surface area contributed by atoms with Crippen LogP contribution in [0, 0.1) is 6.92 Å². The van der Waals surface area contributed by atoms with E-state index >= 15 is 0 Å². The molecule has 3 nitrogen and oxygen atoms in total. The summed E-state index contributed by atoms with van der Waals surface area (Å²) in [4.78, 5) is 0. The molecule has 54 heavy (non-hydrogen) atoms. The summed E-state index contributed by atoms with van der Waals surface area (Å²) in [7, 11) is 0. The molecule has 3 heterocycles. The smallest absolute Gasteiger partial charge is 0.0627 e. The van der Waals surface area contributed by atoms with E-state index in [-0.39, 0.29) is 0 Å². The quantitative estimate of drug-likeness (QED) is 0.176. The summed E-state index contributed by atoms with van der Waals surface area (Å²) in [5.74, 6) is 0. The zero-order valence-corrected chi connectivity index (χ0v) is 29.7. The number of aryl methyl sites for hydroxylation is 1. The van der Waals surface area contributed by atoms with E-state index in [2.05, 4.69) is 203 Å². The summed E-state index contributed by atoms with van der Waals surface area (Å²) >= 11 is 0. The van der Waals surface area contributed by atoms with Crippen molar-refractivity contribution in [1.82, 2.24) is 13.7 Å². The van der Waals surface area contributed by atoms with Crippen LogP contribution in [0.25, 0.3) is 104 Å². The zero-order chi connectivity index (χ0) is 35.5. The molecule has 0 aliphatic rings. The predicted octanol–water partition coefficient (Wildman–Crippen LogP) is 13.6. The monoisotopic (exact) mass is 687 g/mol. The fourth-order valence-corrected chi connectivity index (χ4v) is 9.38. The molecule has 3 aromatic heterocycles. The summed E-state index contributed by atoms with van der Waals surface area (Å²) in [5, 5.41) is 12.6. The highest BCUT2D eigenvalue weighted by molar-refractivity contribution is 6.37. The van der Waals surface area contributed by atoms with Gasteiger partial charge in [-0.1, -0.05) is 133 Å². The maximum absolute atomic E-state index is 2.52. The minimum atomic E-state index is 1.15. The predicted molar refractivity (Wildman–Crippen MR) is 229 cm³/mol. The topological polar surface area (TPSA) is 14.8 Å². The van der Waals surface area contributed by atoms with E-state index in [0.717, 1.165) is 5.69 Å². The molecule has 3 heteroatoms. The summed E-state index contributed by atoms with van der Waals surface area (Å²) in [6.45, 7) is 2.15. The van der Waals surface area contributed by atoms with Crippen LogP contribution in [0.2, 0.25) is 0 Å². The Morgan fingerprint density at radius 3 is 1.43 bits per heavy atom. The van der Waals surface area contributed by atoms with Gasteiger partial charge in [-0.2, -0.15) is 0 Å². The van der Waals surface area contributed by atoms with E-state index in [4.69, 9.17) is 0 Å². The van der Waals surface area contributed by atoms with Gasteiger partial charge in [0.1, 0.15) is 0 Å². The van der Waals surface area contributed by atoms with Crippen LogP contribution in [-0.2, 0) is 0 Å². The Kier molecular flexibility index (Phi) is 5.98. The van der Waals surface area contributed by atoms with Crippen LogP contribution < -0.4 is 0 Å². The molecule has 0 unspecified atom stereocenters. The van der Waals surface area contributed by atoms with E-state index in [1.54, 1.807) is 0 Å². The molecule has 0 N–H and O–H groups in total. The first-order valence-corrected chi connectivity index (χ1v) is 18.7. The number of para-hydroxylation sites is 3. The van der Waals surface area contributed by atoms with E-state index < -0.39 is 0 Å². The summed E-state index contributed by atoms with van der Waals surface area (Å²) < 4.78 is 7.45. The summed E-state index contributed by atoms with van der Waals surface area (Å²) in [6, 6.07) is 67.1. The first-order chi connectivity index (χ1) is 26.7. The fourth-order valence-electron chi connectivity index (χ4n) is 9.38. The van der Waals surface area contributed by atoms with Gasteiger partial charge < -0.3 is 13.7 Å². The standard InChI is InChI=1S/C51H33N3/c1-32-23-26-35(27-24-32)52-46-30-28-36(31-43(46)40-29-25-33-13-5-6-16-37(33)49(40)52)54-45-22-12-10-20-42(45)48-47-41-19-9-11-21-44(41)53(34-14-3-2-4-15-34)50(47)38-17-7-8-18-39(38)51(48)54/h2-31H,1H3. The molecule has 0 fully saturated rings. The molecule has 0 saturated heterocycles. The average molecular weight is 688 g/mol. The molecule has 12 rings (SSSR count). The number of hydrogen-bond donors (Lipinski definition) is 0. The van der Waals surface area contributed by atoms with Crippen LogP contribution in [0.1, 0.15) is 5.56 Å². The lowest BCUT2D eigenvalue weighted by molar-refractivity contribution is 1.17. The average Bonchev–Trinajstić information content (AvgIpc) is 3.88. The highest BCUT2D eigenvalue weighted by atomic mass is 15.0. The molecule has 252 valence electrons. The second-order valence-corrected chi connectivity index (χ2v) is 14.6. The number of hydrogen-bond acceptors (Lipinski definition) is 0. The third-order valence-electron chi connectivity index (χ3n) is 11.6. The van der Waals surface area contributed by atoms with Crippen LogP contribution in [0.15, 0.2) is 182 Å². The first kappa shape index (κ1) is 29.5. The Morgan fingerprint density at radius 2 is 0.759 bits per heavy atom. The van der Waals surface area contributed by atoms with Crippen LogP contribution >= 0.6 is 0 Å². The molecule has 12 aromatic rings. The van der Waals surface area contributed by atoms with Gasteiger partial charge in [-0.25, -0.2) is 0 Å². The van der Waals surface area contributed by atoms with Crippen molar-refractivity contribution < 1.29 is 0 Å².